The van der Waals surface area contributed by atoms with Crippen molar-refractivity contribution in [2.24, 2.45) is 0 Å². The van der Waals surface area contributed by atoms with Crippen molar-refractivity contribution >= 4 is 21.7 Å². The summed E-state index contributed by atoms with van der Waals surface area (Å²) in [5.74, 6) is 1.02. The highest BCUT2D eigenvalue weighted by Gasteiger charge is 2.20. The minimum absolute atomic E-state index is 0.106. The molecule has 17 heavy (non-hydrogen) atoms. The summed E-state index contributed by atoms with van der Waals surface area (Å²) in [5.41, 5.74) is 0. The van der Waals surface area contributed by atoms with Gasteiger partial charge in [0.25, 0.3) is 0 Å². The summed E-state index contributed by atoms with van der Waals surface area (Å²) in [5, 5.41) is 8.70. The number of aromatic nitrogens is 1. The predicted molar refractivity (Wildman–Crippen MR) is 70.2 cm³/mol. The van der Waals surface area contributed by atoms with Crippen molar-refractivity contribution in [2.75, 3.05) is 31.2 Å². The average Bonchev–Trinajstić information content (AvgIpc) is 2.38. The Morgan fingerprint density at radius 2 is 2.18 bits per heavy atom. The number of piperidine rings is 1. The first kappa shape index (κ1) is 12.8. The Hall–Kier alpha value is -0.650. The maximum atomic E-state index is 8.70. The van der Waals surface area contributed by atoms with Crippen LogP contribution >= 0.6 is 15.9 Å². The van der Waals surface area contributed by atoms with Crippen LogP contribution < -0.4 is 4.90 Å². The second-order valence-electron chi connectivity index (χ2n) is 4.12. The summed E-state index contributed by atoms with van der Waals surface area (Å²) in [6.45, 7) is 2.48. The molecular weight excluding hydrogens is 284 g/mol. The topological polar surface area (TPSA) is 45.6 Å². The van der Waals surface area contributed by atoms with Crippen molar-refractivity contribution in [2.45, 2.75) is 18.9 Å². The Morgan fingerprint density at radius 3 is 2.76 bits per heavy atom. The van der Waals surface area contributed by atoms with Gasteiger partial charge in [0.15, 0.2) is 0 Å². The van der Waals surface area contributed by atoms with Crippen molar-refractivity contribution in [3.8, 4) is 0 Å². The zero-order valence-electron chi connectivity index (χ0n) is 9.68. The lowest BCUT2D eigenvalue weighted by atomic mass is 10.1. The highest BCUT2D eigenvalue weighted by molar-refractivity contribution is 9.10. The van der Waals surface area contributed by atoms with Crippen molar-refractivity contribution in [1.29, 1.82) is 0 Å². The lowest BCUT2D eigenvalue weighted by molar-refractivity contribution is 0.0158. The normalized spacial score (nSPS) is 17.4. The minimum atomic E-state index is 0.106. The third kappa shape index (κ3) is 3.66. The first-order valence-corrected chi connectivity index (χ1v) is 6.68. The molecule has 0 atom stereocenters. The van der Waals surface area contributed by atoms with Crippen LogP contribution in [0.3, 0.4) is 0 Å². The number of anilines is 1. The monoisotopic (exact) mass is 300 g/mol. The molecule has 2 rings (SSSR count). The maximum Gasteiger partial charge on any atom is 0.128 e. The van der Waals surface area contributed by atoms with Gasteiger partial charge in [0.2, 0.25) is 0 Å². The molecule has 0 aliphatic carbocycles. The first-order valence-electron chi connectivity index (χ1n) is 5.88. The first-order chi connectivity index (χ1) is 8.29. The standard InChI is InChI=1S/C12H17BrN2O2/c13-10-1-2-12(14-9-10)15-5-3-11(4-6-15)17-8-7-16/h1-2,9,11,16H,3-8H2. The number of halogens is 1. The molecule has 4 nitrogen and oxygen atoms in total. The minimum Gasteiger partial charge on any atom is -0.394 e. The molecule has 5 heteroatoms. The molecular formula is C12H17BrN2O2. The Bertz CT molecular complexity index is 337. The van der Waals surface area contributed by atoms with E-state index in [0.29, 0.717) is 6.61 Å². The van der Waals surface area contributed by atoms with Gasteiger partial charge in [-0.15, -0.1) is 0 Å². The molecule has 1 aromatic heterocycles. The van der Waals surface area contributed by atoms with Gasteiger partial charge in [-0.25, -0.2) is 4.98 Å². The molecule has 1 saturated heterocycles. The number of aliphatic hydroxyl groups is 1. The molecule has 0 amide bonds. The molecule has 0 radical (unpaired) electrons. The summed E-state index contributed by atoms with van der Waals surface area (Å²) in [6, 6.07) is 4.04. The molecule has 1 aliphatic rings. The fraction of sp³-hybridized carbons (Fsp3) is 0.583. The maximum absolute atomic E-state index is 8.70. The third-order valence-corrected chi connectivity index (χ3v) is 3.39. The number of aliphatic hydroxyl groups excluding tert-OH is 1. The Morgan fingerprint density at radius 1 is 1.41 bits per heavy atom. The molecule has 1 aromatic rings. The Balaban J connectivity index is 1.84. The van der Waals surface area contributed by atoms with Crippen molar-refractivity contribution < 1.29 is 9.84 Å². The number of nitrogens with zero attached hydrogens (tertiary/aromatic N) is 2. The largest absolute Gasteiger partial charge is 0.394 e. The van der Waals surface area contributed by atoms with Crippen molar-refractivity contribution in [3.63, 3.8) is 0 Å². The van der Waals surface area contributed by atoms with E-state index in [1.165, 1.54) is 0 Å². The van der Waals surface area contributed by atoms with E-state index >= 15 is 0 Å². The summed E-state index contributed by atoms with van der Waals surface area (Å²) >= 11 is 3.38. The van der Waals surface area contributed by atoms with Crippen molar-refractivity contribution in [3.05, 3.63) is 22.8 Å². The third-order valence-electron chi connectivity index (χ3n) is 2.92. The predicted octanol–water partition coefficient (Wildman–Crippen LogP) is 1.82. The van der Waals surface area contributed by atoms with Crippen LogP contribution in [0.2, 0.25) is 0 Å². The highest BCUT2D eigenvalue weighted by atomic mass is 79.9. The van der Waals surface area contributed by atoms with Gasteiger partial charge in [0, 0.05) is 23.8 Å². The molecule has 0 bridgehead atoms. The van der Waals surface area contributed by atoms with Gasteiger partial charge < -0.3 is 14.7 Å². The summed E-state index contributed by atoms with van der Waals surface area (Å²) < 4.78 is 6.53. The smallest absolute Gasteiger partial charge is 0.128 e. The van der Waals surface area contributed by atoms with Gasteiger partial charge in [0.05, 0.1) is 19.3 Å². The molecule has 1 fully saturated rings. The van der Waals surface area contributed by atoms with Gasteiger partial charge in [0.1, 0.15) is 5.82 Å². The number of hydrogen-bond donors (Lipinski definition) is 1. The molecule has 2 heterocycles. The Labute approximate surface area is 110 Å². The van der Waals surface area contributed by atoms with Crippen LogP contribution in [0.5, 0.6) is 0 Å². The lowest BCUT2D eigenvalue weighted by Gasteiger charge is -2.32. The van der Waals surface area contributed by atoms with E-state index in [4.69, 9.17) is 9.84 Å². The van der Waals surface area contributed by atoms with Crippen LogP contribution in [-0.2, 0) is 4.74 Å². The van der Waals surface area contributed by atoms with Gasteiger partial charge in [-0.3, -0.25) is 0 Å². The van der Waals surface area contributed by atoms with E-state index in [1.54, 1.807) is 0 Å². The van der Waals surface area contributed by atoms with Crippen LogP contribution in [0.15, 0.2) is 22.8 Å². The van der Waals surface area contributed by atoms with Gasteiger partial charge >= 0.3 is 0 Å². The van der Waals surface area contributed by atoms with E-state index in [2.05, 4.69) is 25.8 Å². The number of hydrogen-bond acceptors (Lipinski definition) is 4. The number of pyridine rings is 1. The van der Waals surface area contributed by atoms with E-state index in [0.717, 1.165) is 36.2 Å². The van der Waals surface area contributed by atoms with Crippen LogP contribution in [-0.4, -0.2) is 42.5 Å². The fourth-order valence-electron chi connectivity index (χ4n) is 2.03. The molecule has 0 saturated carbocycles. The highest BCUT2D eigenvalue weighted by Crippen LogP contribution is 2.20. The molecule has 1 N–H and O–H groups in total. The molecule has 0 unspecified atom stereocenters. The van der Waals surface area contributed by atoms with Gasteiger partial charge in [-0.05, 0) is 40.9 Å². The van der Waals surface area contributed by atoms with Gasteiger partial charge in [-0.2, -0.15) is 0 Å². The fourth-order valence-corrected chi connectivity index (χ4v) is 2.26. The second kappa shape index (κ2) is 6.33. The van der Waals surface area contributed by atoms with E-state index in [1.807, 2.05) is 18.3 Å². The van der Waals surface area contributed by atoms with Crippen molar-refractivity contribution in [1.82, 2.24) is 4.98 Å². The van der Waals surface area contributed by atoms with Crippen LogP contribution in [0, 0.1) is 0 Å². The summed E-state index contributed by atoms with van der Waals surface area (Å²) in [4.78, 5) is 6.66. The average molecular weight is 301 g/mol. The SMILES string of the molecule is OCCOC1CCN(c2ccc(Br)cn2)CC1. The molecule has 0 aromatic carbocycles. The zero-order valence-corrected chi connectivity index (χ0v) is 11.3. The molecule has 1 aliphatic heterocycles. The van der Waals surface area contributed by atoms with E-state index in [-0.39, 0.29) is 12.7 Å². The van der Waals surface area contributed by atoms with Crippen LogP contribution in [0.25, 0.3) is 0 Å². The molecule has 94 valence electrons. The van der Waals surface area contributed by atoms with Gasteiger partial charge in [-0.1, -0.05) is 0 Å². The Kier molecular flexibility index (Phi) is 4.76. The second-order valence-corrected chi connectivity index (χ2v) is 5.03. The number of rotatable bonds is 4. The van der Waals surface area contributed by atoms with Crippen LogP contribution in [0.1, 0.15) is 12.8 Å². The zero-order chi connectivity index (χ0) is 12.1. The lowest BCUT2D eigenvalue weighted by Crippen LogP contribution is -2.37. The van der Waals surface area contributed by atoms with Crippen LogP contribution in [0.4, 0.5) is 5.82 Å². The number of ether oxygens (including phenoxy) is 1. The van der Waals surface area contributed by atoms with E-state index in [9.17, 15) is 0 Å². The summed E-state index contributed by atoms with van der Waals surface area (Å²) in [7, 11) is 0. The quantitative estimate of drug-likeness (QED) is 0.921. The molecule has 0 spiro atoms. The van der Waals surface area contributed by atoms with E-state index < -0.39 is 0 Å². The summed E-state index contributed by atoms with van der Waals surface area (Å²) in [6.07, 6.45) is 4.10.